The minimum absolute atomic E-state index is 0.360. The Balaban J connectivity index is 2.03. The van der Waals surface area contributed by atoms with Crippen molar-refractivity contribution >= 4 is 17.5 Å². The summed E-state index contributed by atoms with van der Waals surface area (Å²) in [6.45, 7) is 4.08. The first-order chi connectivity index (χ1) is 8.77. The van der Waals surface area contributed by atoms with Crippen LogP contribution in [0.4, 0.5) is 0 Å². The van der Waals surface area contributed by atoms with Crippen LogP contribution in [0.2, 0.25) is 0 Å². The minimum Gasteiger partial charge on any atom is -0.343 e. The quantitative estimate of drug-likeness (QED) is 0.479. The fraction of sp³-hybridized carbons (Fsp3) is 0.933. The Bertz CT molecular complexity index is 225. The van der Waals surface area contributed by atoms with Crippen molar-refractivity contribution < 1.29 is 4.79 Å². The smallest absolute Gasteiger partial charge is 0.222 e. The third kappa shape index (κ3) is 6.08. The van der Waals surface area contributed by atoms with Gasteiger partial charge in [-0.05, 0) is 25.2 Å². The number of alkyl halides is 1. The van der Waals surface area contributed by atoms with Crippen molar-refractivity contribution in [2.45, 2.75) is 64.7 Å². The highest BCUT2D eigenvalue weighted by molar-refractivity contribution is 6.18. The first kappa shape index (κ1) is 15.8. The first-order valence-corrected chi connectivity index (χ1v) is 8.15. The van der Waals surface area contributed by atoms with Crippen molar-refractivity contribution in [2.75, 3.05) is 19.0 Å². The molecule has 3 heteroatoms. The molecule has 0 spiro atoms. The zero-order chi connectivity index (χ0) is 13.2. The van der Waals surface area contributed by atoms with E-state index in [1.54, 1.807) is 0 Å². The van der Waals surface area contributed by atoms with E-state index in [1.165, 1.54) is 32.1 Å². The maximum atomic E-state index is 12.0. The summed E-state index contributed by atoms with van der Waals surface area (Å²) in [7, 11) is 0. The number of unbranched alkanes of at least 4 members (excludes halogenated alkanes) is 5. The van der Waals surface area contributed by atoms with Gasteiger partial charge in [0.1, 0.15) is 0 Å². The van der Waals surface area contributed by atoms with Crippen LogP contribution < -0.4 is 0 Å². The summed E-state index contributed by atoms with van der Waals surface area (Å²) in [6.07, 6.45) is 10.4. The zero-order valence-corrected chi connectivity index (χ0v) is 12.6. The third-order valence-electron chi connectivity index (χ3n) is 3.93. The molecule has 0 aromatic rings. The van der Waals surface area contributed by atoms with Crippen molar-refractivity contribution in [3.8, 4) is 0 Å². The molecule has 0 saturated carbocycles. The molecule has 1 aliphatic rings. The predicted octanol–water partition coefficient (Wildman–Crippen LogP) is 4.21. The second kappa shape index (κ2) is 9.66. The van der Waals surface area contributed by atoms with E-state index in [9.17, 15) is 4.79 Å². The summed E-state index contributed by atoms with van der Waals surface area (Å²) < 4.78 is 0. The number of carbonyl (C=O) groups is 1. The molecule has 18 heavy (non-hydrogen) atoms. The molecule has 1 fully saturated rings. The largest absolute Gasteiger partial charge is 0.343 e. The van der Waals surface area contributed by atoms with Gasteiger partial charge in [0.15, 0.2) is 0 Å². The van der Waals surface area contributed by atoms with Gasteiger partial charge < -0.3 is 4.90 Å². The lowest BCUT2D eigenvalue weighted by atomic mass is 9.98. The number of amides is 1. The molecule has 2 nitrogen and oxygen atoms in total. The highest BCUT2D eigenvalue weighted by Gasteiger charge is 2.21. The fourth-order valence-corrected chi connectivity index (χ4v) is 2.86. The lowest BCUT2D eigenvalue weighted by Gasteiger charge is -2.31. The van der Waals surface area contributed by atoms with Crippen LogP contribution in [0.25, 0.3) is 0 Å². The minimum atomic E-state index is 0.360. The number of halogens is 1. The average Bonchev–Trinajstić information content (AvgIpc) is 2.42. The monoisotopic (exact) mass is 273 g/mol. The molecule has 0 unspecified atom stereocenters. The molecule has 1 amide bonds. The fourth-order valence-electron chi connectivity index (χ4n) is 2.55. The van der Waals surface area contributed by atoms with Gasteiger partial charge in [-0.15, -0.1) is 11.6 Å². The second-order valence-corrected chi connectivity index (χ2v) is 5.80. The van der Waals surface area contributed by atoms with Crippen molar-refractivity contribution in [3.05, 3.63) is 0 Å². The molecule has 1 rings (SSSR count). The Labute approximate surface area is 117 Å². The zero-order valence-electron chi connectivity index (χ0n) is 11.8. The summed E-state index contributed by atoms with van der Waals surface area (Å²) in [4.78, 5) is 14.0. The van der Waals surface area contributed by atoms with E-state index in [0.29, 0.717) is 11.8 Å². The van der Waals surface area contributed by atoms with E-state index < -0.39 is 0 Å². The van der Waals surface area contributed by atoms with Gasteiger partial charge in [-0.1, -0.05) is 39.0 Å². The lowest BCUT2D eigenvalue weighted by molar-refractivity contribution is -0.132. The molecule has 0 aliphatic carbocycles. The third-order valence-corrected chi connectivity index (χ3v) is 4.37. The van der Waals surface area contributed by atoms with E-state index in [4.69, 9.17) is 11.6 Å². The average molecular weight is 274 g/mol. The van der Waals surface area contributed by atoms with Crippen LogP contribution in [-0.4, -0.2) is 29.8 Å². The predicted molar refractivity (Wildman–Crippen MR) is 78.0 cm³/mol. The standard InChI is InChI=1S/C15H28ClNO/c1-2-3-4-5-6-7-8-15(18)17-11-9-14(13-16)10-12-17/h14H,2-13H2,1H3. The van der Waals surface area contributed by atoms with Gasteiger partial charge in [-0.25, -0.2) is 0 Å². The molecular weight excluding hydrogens is 246 g/mol. The van der Waals surface area contributed by atoms with E-state index in [0.717, 1.165) is 44.7 Å². The number of likely N-dealkylation sites (tertiary alicyclic amines) is 1. The van der Waals surface area contributed by atoms with Crippen LogP contribution in [0.15, 0.2) is 0 Å². The first-order valence-electron chi connectivity index (χ1n) is 7.61. The molecule has 0 atom stereocenters. The Morgan fingerprint density at radius 3 is 2.33 bits per heavy atom. The number of carbonyl (C=O) groups excluding carboxylic acids is 1. The number of nitrogens with zero attached hydrogens (tertiary/aromatic N) is 1. The molecule has 0 aromatic heterocycles. The van der Waals surface area contributed by atoms with Crippen molar-refractivity contribution in [2.24, 2.45) is 5.92 Å². The lowest BCUT2D eigenvalue weighted by Crippen LogP contribution is -2.38. The number of piperidine rings is 1. The second-order valence-electron chi connectivity index (χ2n) is 5.50. The van der Waals surface area contributed by atoms with Crippen LogP contribution in [0.5, 0.6) is 0 Å². The van der Waals surface area contributed by atoms with Crippen LogP contribution >= 0.6 is 11.6 Å². The summed E-state index contributed by atoms with van der Waals surface area (Å²) in [5.74, 6) is 1.74. The normalized spacial score (nSPS) is 17.1. The van der Waals surface area contributed by atoms with E-state index in [-0.39, 0.29) is 0 Å². The van der Waals surface area contributed by atoms with Gasteiger partial charge in [-0.2, -0.15) is 0 Å². The van der Waals surface area contributed by atoms with Gasteiger partial charge in [0.25, 0.3) is 0 Å². The Hall–Kier alpha value is -0.240. The summed E-state index contributed by atoms with van der Waals surface area (Å²) >= 11 is 5.85. The summed E-state index contributed by atoms with van der Waals surface area (Å²) in [5.41, 5.74) is 0. The van der Waals surface area contributed by atoms with Crippen molar-refractivity contribution in [1.82, 2.24) is 4.90 Å². The van der Waals surface area contributed by atoms with Gasteiger partial charge >= 0.3 is 0 Å². The van der Waals surface area contributed by atoms with Gasteiger partial charge in [0, 0.05) is 25.4 Å². The van der Waals surface area contributed by atoms with E-state index >= 15 is 0 Å². The van der Waals surface area contributed by atoms with Gasteiger partial charge in [0.05, 0.1) is 0 Å². The molecule has 1 saturated heterocycles. The van der Waals surface area contributed by atoms with Crippen LogP contribution in [0, 0.1) is 5.92 Å². The van der Waals surface area contributed by atoms with Crippen LogP contribution in [0.3, 0.4) is 0 Å². The summed E-state index contributed by atoms with van der Waals surface area (Å²) in [6, 6.07) is 0. The number of hydrogen-bond donors (Lipinski definition) is 0. The molecular formula is C15H28ClNO. The SMILES string of the molecule is CCCCCCCCC(=O)N1CCC(CCl)CC1. The van der Waals surface area contributed by atoms with Crippen LogP contribution in [-0.2, 0) is 4.79 Å². The van der Waals surface area contributed by atoms with Gasteiger partial charge in [0.2, 0.25) is 5.91 Å². The topological polar surface area (TPSA) is 20.3 Å². The van der Waals surface area contributed by atoms with Crippen LogP contribution in [0.1, 0.15) is 64.7 Å². The molecule has 0 radical (unpaired) electrons. The number of hydrogen-bond acceptors (Lipinski definition) is 1. The van der Waals surface area contributed by atoms with Gasteiger partial charge in [-0.3, -0.25) is 4.79 Å². The molecule has 1 aliphatic heterocycles. The Kier molecular flexibility index (Phi) is 8.49. The molecule has 106 valence electrons. The maximum absolute atomic E-state index is 12.0. The summed E-state index contributed by atoms with van der Waals surface area (Å²) in [5, 5.41) is 0. The van der Waals surface area contributed by atoms with E-state index in [2.05, 4.69) is 6.92 Å². The highest BCUT2D eigenvalue weighted by atomic mass is 35.5. The maximum Gasteiger partial charge on any atom is 0.222 e. The molecule has 0 N–H and O–H groups in total. The molecule has 0 aromatic carbocycles. The molecule has 0 bridgehead atoms. The Morgan fingerprint density at radius 2 is 1.72 bits per heavy atom. The molecule has 1 heterocycles. The number of rotatable bonds is 8. The Morgan fingerprint density at radius 1 is 1.11 bits per heavy atom. The van der Waals surface area contributed by atoms with Crippen molar-refractivity contribution in [3.63, 3.8) is 0 Å². The highest BCUT2D eigenvalue weighted by Crippen LogP contribution is 2.19. The van der Waals surface area contributed by atoms with E-state index in [1.807, 2.05) is 4.90 Å². The van der Waals surface area contributed by atoms with Crippen molar-refractivity contribution in [1.29, 1.82) is 0 Å².